The number of thiophene rings is 1. The highest BCUT2D eigenvalue weighted by atomic mass is 32.1. The molecule has 0 aliphatic rings. The minimum atomic E-state index is -0.368. The standard InChI is InChI=1S/C14H24N2O2S/c1-11(9-13-5-4-8-19-13)10-15-14(18)16(3)7-6-12(2)17/h4-5,8,11-12,17H,6-7,9-10H2,1-3H3,(H,15,18). The molecular formula is C14H24N2O2S. The lowest BCUT2D eigenvalue weighted by atomic mass is 10.1. The molecule has 4 nitrogen and oxygen atoms in total. The third kappa shape index (κ3) is 6.59. The predicted molar refractivity (Wildman–Crippen MR) is 79.5 cm³/mol. The minimum Gasteiger partial charge on any atom is -0.393 e. The minimum absolute atomic E-state index is 0.0707. The van der Waals surface area contributed by atoms with E-state index in [-0.39, 0.29) is 12.1 Å². The van der Waals surface area contributed by atoms with Crippen molar-refractivity contribution in [3.63, 3.8) is 0 Å². The fraction of sp³-hybridized carbons (Fsp3) is 0.643. The van der Waals surface area contributed by atoms with Crippen molar-refractivity contribution < 1.29 is 9.90 Å². The largest absolute Gasteiger partial charge is 0.393 e. The lowest BCUT2D eigenvalue weighted by molar-refractivity contribution is 0.163. The van der Waals surface area contributed by atoms with Crippen LogP contribution in [-0.4, -0.2) is 42.3 Å². The highest BCUT2D eigenvalue weighted by Gasteiger charge is 2.11. The summed E-state index contributed by atoms with van der Waals surface area (Å²) in [6.07, 6.45) is 1.23. The van der Waals surface area contributed by atoms with Crippen LogP contribution in [-0.2, 0) is 6.42 Å². The molecule has 5 heteroatoms. The maximum atomic E-state index is 11.8. The van der Waals surface area contributed by atoms with E-state index in [2.05, 4.69) is 29.8 Å². The molecule has 2 unspecified atom stereocenters. The number of nitrogens with zero attached hydrogens (tertiary/aromatic N) is 1. The second kappa shape index (κ2) is 8.17. The Morgan fingerprint density at radius 1 is 1.53 bits per heavy atom. The van der Waals surface area contributed by atoms with Crippen LogP contribution in [0.4, 0.5) is 4.79 Å². The molecule has 108 valence electrons. The topological polar surface area (TPSA) is 52.6 Å². The molecule has 1 aromatic rings. The summed E-state index contributed by atoms with van der Waals surface area (Å²) in [5, 5.41) is 14.2. The van der Waals surface area contributed by atoms with E-state index in [1.807, 2.05) is 0 Å². The van der Waals surface area contributed by atoms with E-state index in [4.69, 9.17) is 0 Å². The van der Waals surface area contributed by atoms with E-state index in [1.54, 1.807) is 30.2 Å². The summed E-state index contributed by atoms with van der Waals surface area (Å²) in [5.74, 6) is 0.424. The van der Waals surface area contributed by atoms with Gasteiger partial charge < -0.3 is 15.3 Å². The molecule has 0 aliphatic carbocycles. The normalized spacial score (nSPS) is 13.9. The number of rotatable bonds is 7. The molecule has 0 bridgehead atoms. The van der Waals surface area contributed by atoms with Crippen LogP contribution in [0.15, 0.2) is 17.5 Å². The van der Waals surface area contributed by atoms with Crippen LogP contribution < -0.4 is 5.32 Å². The van der Waals surface area contributed by atoms with Gasteiger partial charge in [0, 0.05) is 25.0 Å². The summed E-state index contributed by atoms with van der Waals surface area (Å²) in [7, 11) is 1.75. The van der Waals surface area contributed by atoms with E-state index in [9.17, 15) is 9.90 Å². The maximum absolute atomic E-state index is 11.8. The van der Waals surface area contributed by atoms with Gasteiger partial charge in [0.15, 0.2) is 0 Å². The Labute approximate surface area is 119 Å². The molecule has 0 fully saturated rings. The third-order valence-corrected chi connectivity index (χ3v) is 3.86. The number of urea groups is 1. The van der Waals surface area contributed by atoms with E-state index in [0.29, 0.717) is 25.4 Å². The molecule has 2 atom stereocenters. The van der Waals surface area contributed by atoms with Gasteiger partial charge >= 0.3 is 6.03 Å². The van der Waals surface area contributed by atoms with Gasteiger partial charge in [0.05, 0.1) is 6.10 Å². The summed E-state index contributed by atoms with van der Waals surface area (Å²) in [4.78, 5) is 14.8. The van der Waals surface area contributed by atoms with Crippen LogP contribution in [0.3, 0.4) is 0 Å². The Bertz CT molecular complexity index is 366. The Hall–Kier alpha value is -1.07. The number of carbonyl (C=O) groups is 1. The average molecular weight is 284 g/mol. The first-order chi connectivity index (χ1) is 8.99. The Morgan fingerprint density at radius 2 is 2.26 bits per heavy atom. The van der Waals surface area contributed by atoms with Gasteiger partial charge in [-0.3, -0.25) is 0 Å². The molecule has 1 aromatic heterocycles. The zero-order valence-electron chi connectivity index (χ0n) is 11.9. The summed E-state index contributed by atoms with van der Waals surface area (Å²) in [5.41, 5.74) is 0. The molecule has 0 saturated heterocycles. The van der Waals surface area contributed by atoms with Crippen LogP contribution in [0.2, 0.25) is 0 Å². The van der Waals surface area contributed by atoms with Crippen molar-refractivity contribution in [1.82, 2.24) is 10.2 Å². The van der Waals surface area contributed by atoms with Crippen molar-refractivity contribution >= 4 is 17.4 Å². The molecule has 0 spiro atoms. The maximum Gasteiger partial charge on any atom is 0.317 e. The monoisotopic (exact) mass is 284 g/mol. The summed E-state index contributed by atoms with van der Waals surface area (Å²) in [6, 6.07) is 4.10. The lowest BCUT2D eigenvalue weighted by Gasteiger charge is -2.20. The van der Waals surface area contributed by atoms with Gasteiger partial charge in [0.25, 0.3) is 0 Å². The molecule has 19 heavy (non-hydrogen) atoms. The smallest absolute Gasteiger partial charge is 0.317 e. The number of hydrogen-bond donors (Lipinski definition) is 2. The highest BCUT2D eigenvalue weighted by Crippen LogP contribution is 2.13. The first kappa shape index (κ1) is 16.0. The number of aliphatic hydroxyl groups is 1. The van der Waals surface area contributed by atoms with E-state index >= 15 is 0 Å². The van der Waals surface area contributed by atoms with Gasteiger partial charge in [-0.2, -0.15) is 0 Å². The first-order valence-corrected chi connectivity index (χ1v) is 7.56. The summed E-state index contributed by atoms with van der Waals surface area (Å²) >= 11 is 1.75. The van der Waals surface area contributed by atoms with E-state index < -0.39 is 0 Å². The van der Waals surface area contributed by atoms with Crippen LogP contribution in [0, 0.1) is 5.92 Å². The zero-order valence-corrected chi connectivity index (χ0v) is 12.7. The lowest BCUT2D eigenvalue weighted by Crippen LogP contribution is -2.40. The molecule has 1 heterocycles. The second-order valence-electron chi connectivity index (χ2n) is 5.13. The first-order valence-electron chi connectivity index (χ1n) is 6.68. The number of aliphatic hydroxyl groups excluding tert-OH is 1. The van der Waals surface area contributed by atoms with Crippen LogP contribution in [0.5, 0.6) is 0 Å². The Kier molecular flexibility index (Phi) is 6.87. The third-order valence-electron chi connectivity index (χ3n) is 2.96. The molecule has 0 aliphatic heterocycles. The summed E-state index contributed by atoms with van der Waals surface area (Å²) in [6.45, 7) is 5.11. The van der Waals surface area contributed by atoms with Crippen molar-refractivity contribution in [3.8, 4) is 0 Å². The number of carbonyl (C=O) groups excluding carboxylic acids is 1. The number of amides is 2. The molecule has 2 N–H and O–H groups in total. The van der Waals surface area contributed by atoms with Crippen LogP contribution in [0.1, 0.15) is 25.1 Å². The van der Waals surface area contributed by atoms with Crippen molar-refractivity contribution in [3.05, 3.63) is 22.4 Å². The van der Waals surface area contributed by atoms with E-state index in [1.165, 1.54) is 4.88 Å². The number of hydrogen-bond acceptors (Lipinski definition) is 3. The van der Waals surface area contributed by atoms with Gasteiger partial charge in [-0.15, -0.1) is 11.3 Å². The Morgan fingerprint density at radius 3 is 2.84 bits per heavy atom. The van der Waals surface area contributed by atoms with Gasteiger partial charge in [0.1, 0.15) is 0 Å². The molecular weight excluding hydrogens is 260 g/mol. The molecule has 0 radical (unpaired) electrons. The van der Waals surface area contributed by atoms with Crippen LogP contribution >= 0.6 is 11.3 Å². The predicted octanol–water partition coefficient (Wildman–Crippen LogP) is 2.34. The zero-order chi connectivity index (χ0) is 14.3. The molecule has 0 saturated carbocycles. The quantitative estimate of drug-likeness (QED) is 0.807. The van der Waals surface area contributed by atoms with Crippen LogP contribution in [0.25, 0.3) is 0 Å². The molecule has 1 rings (SSSR count). The van der Waals surface area contributed by atoms with Gasteiger partial charge in [-0.05, 0) is 37.1 Å². The van der Waals surface area contributed by atoms with Crippen molar-refractivity contribution in [2.75, 3.05) is 20.1 Å². The highest BCUT2D eigenvalue weighted by molar-refractivity contribution is 7.09. The van der Waals surface area contributed by atoms with E-state index in [0.717, 1.165) is 6.42 Å². The van der Waals surface area contributed by atoms with Gasteiger partial charge in [0.2, 0.25) is 0 Å². The Balaban J connectivity index is 2.21. The average Bonchev–Trinajstić information content (AvgIpc) is 2.85. The van der Waals surface area contributed by atoms with Gasteiger partial charge in [-0.1, -0.05) is 13.0 Å². The van der Waals surface area contributed by atoms with Gasteiger partial charge in [-0.25, -0.2) is 4.79 Å². The number of nitrogens with one attached hydrogen (secondary N) is 1. The van der Waals surface area contributed by atoms with Crippen molar-refractivity contribution in [1.29, 1.82) is 0 Å². The summed E-state index contributed by atoms with van der Waals surface area (Å²) < 4.78 is 0. The van der Waals surface area contributed by atoms with Crippen molar-refractivity contribution in [2.24, 2.45) is 5.92 Å². The fourth-order valence-corrected chi connectivity index (χ4v) is 2.59. The molecule has 2 amide bonds. The molecule has 0 aromatic carbocycles. The fourth-order valence-electron chi connectivity index (χ4n) is 1.72. The SMILES string of the molecule is CC(O)CCN(C)C(=O)NCC(C)Cc1cccs1. The van der Waals surface area contributed by atoms with Crippen molar-refractivity contribution in [2.45, 2.75) is 32.8 Å². The second-order valence-corrected chi connectivity index (χ2v) is 6.17.